The highest BCUT2D eigenvalue weighted by molar-refractivity contribution is 14.0. The van der Waals surface area contributed by atoms with Crippen molar-refractivity contribution in [3.63, 3.8) is 0 Å². The number of aryl methyl sites for hydroxylation is 1. The van der Waals surface area contributed by atoms with Gasteiger partial charge in [-0.3, -0.25) is 4.99 Å². The maximum absolute atomic E-state index is 5.73. The van der Waals surface area contributed by atoms with Crippen LogP contribution in [0.4, 0.5) is 0 Å². The first-order chi connectivity index (χ1) is 11.3. The summed E-state index contributed by atoms with van der Waals surface area (Å²) in [6.45, 7) is 7.90. The number of guanidine groups is 1. The van der Waals surface area contributed by atoms with Crippen molar-refractivity contribution in [1.82, 2.24) is 15.5 Å². The zero-order chi connectivity index (χ0) is 16.3. The molecule has 0 aromatic heterocycles. The van der Waals surface area contributed by atoms with E-state index in [1.807, 2.05) is 18.2 Å². The third kappa shape index (κ3) is 8.19. The molecule has 0 atom stereocenters. The summed E-state index contributed by atoms with van der Waals surface area (Å²) in [5.41, 5.74) is 1.21. The van der Waals surface area contributed by atoms with Crippen LogP contribution >= 0.6 is 24.0 Å². The van der Waals surface area contributed by atoms with E-state index in [0.717, 1.165) is 31.3 Å². The summed E-state index contributed by atoms with van der Waals surface area (Å²) in [4.78, 5) is 6.77. The standard InChI is InChI=1S/C18H30N4O.HI/c1-16-7-6-8-17(15-16)23-14-10-21-18(19-2)20-9-13-22-11-4-3-5-12-22;/h6-8,15H,3-5,9-14H2,1-2H3,(H2,19,20,21);1H. The van der Waals surface area contributed by atoms with Crippen LogP contribution in [0.1, 0.15) is 24.8 Å². The Labute approximate surface area is 163 Å². The maximum Gasteiger partial charge on any atom is 0.191 e. The molecule has 1 aromatic rings. The van der Waals surface area contributed by atoms with Gasteiger partial charge in [-0.1, -0.05) is 18.6 Å². The van der Waals surface area contributed by atoms with Gasteiger partial charge in [-0.05, 0) is 50.6 Å². The number of halogens is 1. The molecule has 0 aliphatic carbocycles. The molecule has 1 heterocycles. The molecule has 1 aliphatic rings. The van der Waals surface area contributed by atoms with Gasteiger partial charge in [0.05, 0.1) is 6.54 Å². The molecule has 5 nitrogen and oxygen atoms in total. The van der Waals surface area contributed by atoms with Crippen LogP contribution in [0, 0.1) is 6.92 Å². The lowest BCUT2D eigenvalue weighted by molar-refractivity contribution is 0.232. The second-order valence-electron chi connectivity index (χ2n) is 5.99. The molecule has 6 heteroatoms. The number of benzene rings is 1. The molecule has 0 saturated carbocycles. The summed E-state index contributed by atoms with van der Waals surface area (Å²) >= 11 is 0. The zero-order valence-corrected chi connectivity index (χ0v) is 17.2. The van der Waals surface area contributed by atoms with Crippen LogP contribution in [0.5, 0.6) is 5.75 Å². The number of likely N-dealkylation sites (tertiary alicyclic amines) is 1. The van der Waals surface area contributed by atoms with Crippen molar-refractivity contribution in [2.75, 3.05) is 46.4 Å². The fourth-order valence-electron chi connectivity index (χ4n) is 2.78. The monoisotopic (exact) mass is 446 g/mol. The molecule has 24 heavy (non-hydrogen) atoms. The first-order valence-corrected chi connectivity index (χ1v) is 8.64. The van der Waals surface area contributed by atoms with Crippen molar-refractivity contribution in [3.05, 3.63) is 29.8 Å². The largest absolute Gasteiger partial charge is 0.492 e. The van der Waals surface area contributed by atoms with Crippen LogP contribution in [-0.2, 0) is 0 Å². The normalized spacial score (nSPS) is 15.5. The van der Waals surface area contributed by atoms with Gasteiger partial charge in [0, 0.05) is 20.1 Å². The number of aliphatic imine (C=N–C) groups is 1. The van der Waals surface area contributed by atoms with Crippen LogP contribution in [-0.4, -0.2) is 57.2 Å². The number of hydrogen-bond donors (Lipinski definition) is 2. The van der Waals surface area contributed by atoms with Crippen molar-refractivity contribution in [2.45, 2.75) is 26.2 Å². The Morgan fingerprint density at radius 2 is 1.92 bits per heavy atom. The highest BCUT2D eigenvalue weighted by Gasteiger charge is 2.09. The second-order valence-corrected chi connectivity index (χ2v) is 5.99. The smallest absolute Gasteiger partial charge is 0.191 e. The Bertz CT molecular complexity index is 490. The van der Waals surface area contributed by atoms with Crippen LogP contribution in [0.3, 0.4) is 0 Å². The summed E-state index contributed by atoms with van der Waals surface area (Å²) in [5.74, 6) is 1.76. The minimum atomic E-state index is 0. The van der Waals surface area contributed by atoms with Crippen molar-refractivity contribution >= 4 is 29.9 Å². The Hall–Kier alpha value is -1.02. The molecule has 1 aliphatic heterocycles. The molecule has 1 fully saturated rings. The van der Waals surface area contributed by atoms with Gasteiger partial charge >= 0.3 is 0 Å². The molecule has 136 valence electrons. The Balaban J connectivity index is 0.00000288. The van der Waals surface area contributed by atoms with Crippen molar-refractivity contribution < 1.29 is 4.74 Å². The lowest BCUT2D eigenvalue weighted by Crippen LogP contribution is -2.43. The summed E-state index contributed by atoms with van der Waals surface area (Å²) in [6.07, 6.45) is 4.06. The summed E-state index contributed by atoms with van der Waals surface area (Å²) in [5, 5.41) is 6.65. The lowest BCUT2D eigenvalue weighted by atomic mass is 10.1. The lowest BCUT2D eigenvalue weighted by Gasteiger charge is -2.26. The number of ether oxygens (including phenoxy) is 1. The molecule has 2 N–H and O–H groups in total. The number of nitrogens with one attached hydrogen (secondary N) is 2. The second kappa shape index (κ2) is 12.4. The molecular weight excluding hydrogens is 415 g/mol. The van der Waals surface area contributed by atoms with Gasteiger partial charge in [-0.2, -0.15) is 0 Å². The van der Waals surface area contributed by atoms with Gasteiger partial charge in [0.25, 0.3) is 0 Å². The fourth-order valence-corrected chi connectivity index (χ4v) is 2.78. The van der Waals surface area contributed by atoms with Crippen LogP contribution < -0.4 is 15.4 Å². The predicted molar refractivity (Wildman–Crippen MR) is 112 cm³/mol. The number of nitrogens with zero attached hydrogens (tertiary/aromatic N) is 2. The Kier molecular flexibility index (Phi) is 10.8. The average molecular weight is 446 g/mol. The Morgan fingerprint density at radius 3 is 2.62 bits per heavy atom. The Morgan fingerprint density at radius 1 is 1.17 bits per heavy atom. The third-order valence-electron chi connectivity index (χ3n) is 4.05. The minimum absolute atomic E-state index is 0. The van der Waals surface area contributed by atoms with Crippen molar-refractivity contribution in [2.24, 2.45) is 4.99 Å². The van der Waals surface area contributed by atoms with E-state index in [-0.39, 0.29) is 24.0 Å². The van der Waals surface area contributed by atoms with Gasteiger partial charge in [-0.15, -0.1) is 24.0 Å². The van der Waals surface area contributed by atoms with E-state index in [2.05, 4.69) is 33.5 Å². The summed E-state index contributed by atoms with van der Waals surface area (Å²) in [7, 11) is 1.80. The number of piperidine rings is 1. The van der Waals surface area contributed by atoms with E-state index < -0.39 is 0 Å². The van der Waals surface area contributed by atoms with E-state index in [0.29, 0.717) is 6.61 Å². The quantitative estimate of drug-likeness (QED) is 0.293. The summed E-state index contributed by atoms with van der Waals surface area (Å²) in [6, 6.07) is 8.11. The first kappa shape index (κ1) is 21.0. The highest BCUT2D eigenvalue weighted by Crippen LogP contribution is 2.11. The fraction of sp³-hybridized carbons (Fsp3) is 0.611. The summed E-state index contributed by atoms with van der Waals surface area (Å²) < 4.78 is 5.73. The predicted octanol–water partition coefficient (Wildman–Crippen LogP) is 2.64. The van der Waals surface area contributed by atoms with Crippen LogP contribution in [0.25, 0.3) is 0 Å². The maximum atomic E-state index is 5.73. The van der Waals surface area contributed by atoms with Gasteiger partial charge in [0.15, 0.2) is 5.96 Å². The molecule has 0 radical (unpaired) electrons. The average Bonchev–Trinajstić information content (AvgIpc) is 2.58. The van der Waals surface area contributed by atoms with E-state index in [1.54, 1.807) is 7.05 Å². The van der Waals surface area contributed by atoms with Gasteiger partial charge in [0.2, 0.25) is 0 Å². The number of rotatable bonds is 7. The highest BCUT2D eigenvalue weighted by atomic mass is 127. The van der Waals surface area contributed by atoms with E-state index in [9.17, 15) is 0 Å². The number of hydrogen-bond acceptors (Lipinski definition) is 3. The van der Waals surface area contributed by atoms with Crippen molar-refractivity contribution in [3.8, 4) is 5.75 Å². The van der Waals surface area contributed by atoms with E-state index in [1.165, 1.54) is 37.9 Å². The molecule has 0 unspecified atom stereocenters. The third-order valence-corrected chi connectivity index (χ3v) is 4.05. The van der Waals surface area contributed by atoms with E-state index in [4.69, 9.17) is 4.74 Å². The molecule has 0 bridgehead atoms. The van der Waals surface area contributed by atoms with Crippen LogP contribution in [0.2, 0.25) is 0 Å². The van der Waals surface area contributed by atoms with Gasteiger partial charge in [-0.25, -0.2) is 0 Å². The van der Waals surface area contributed by atoms with Crippen molar-refractivity contribution in [1.29, 1.82) is 0 Å². The SMILES string of the molecule is CN=C(NCCOc1cccc(C)c1)NCCN1CCCCC1.I. The molecule has 2 rings (SSSR count). The van der Waals surface area contributed by atoms with Gasteiger partial charge in [0.1, 0.15) is 12.4 Å². The molecule has 0 amide bonds. The molecule has 0 spiro atoms. The minimum Gasteiger partial charge on any atom is -0.492 e. The first-order valence-electron chi connectivity index (χ1n) is 8.64. The van der Waals surface area contributed by atoms with Gasteiger partial charge < -0.3 is 20.3 Å². The zero-order valence-electron chi connectivity index (χ0n) is 14.9. The molecular formula is C18H31IN4O. The van der Waals surface area contributed by atoms with E-state index >= 15 is 0 Å². The molecule has 1 aromatic carbocycles. The molecule has 1 saturated heterocycles. The van der Waals surface area contributed by atoms with Crippen LogP contribution in [0.15, 0.2) is 29.3 Å². The topological polar surface area (TPSA) is 48.9 Å².